The van der Waals surface area contributed by atoms with Gasteiger partial charge in [-0.25, -0.2) is 18.6 Å². The van der Waals surface area contributed by atoms with Crippen molar-refractivity contribution in [2.45, 2.75) is 54.5 Å². The molecule has 1 heterocycles. The zero-order valence-corrected chi connectivity index (χ0v) is 25.4. The molecule has 1 aliphatic heterocycles. The summed E-state index contributed by atoms with van der Waals surface area (Å²) in [6.45, 7) is 21.0. The van der Waals surface area contributed by atoms with E-state index >= 15 is 0 Å². The van der Waals surface area contributed by atoms with Crippen molar-refractivity contribution in [2.75, 3.05) is 18.4 Å². The number of carbonyl (C=O) groups excluding carboxylic acids is 1. The molecule has 0 saturated heterocycles. The number of allylic oxidation sites excluding steroid dienone is 3. The first-order chi connectivity index (χ1) is 19.8. The van der Waals surface area contributed by atoms with Crippen molar-refractivity contribution >= 4 is 23.8 Å². The highest BCUT2D eigenvalue weighted by Crippen LogP contribution is 2.22. The number of nitrogens with two attached hydrogens (primary N) is 1. The van der Waals surface area contributed by atoms with Gasteiger partial charge in [-0.3, -0.25) is 4.79 Å². The molecule has 0 saturated carbocycles. The number of carboxylic acids is 1. The summed E-state index contributed by atoms with van der Waals surface area (Å²) < 4.78 is 27.2. The van der Waals surface area contributed by atoms with Crippen LogP contribution in [0.15, 0.2) is 94.3 Å². The Balaban J connectivity index is 0. The van der Waals surface area contributed by atoms with Crippen molar-refractivity contribution in [3.05, 3.63) is 101 Å². The molecule has 0 aromatic heterocycles. The van der Waals surface area contributed by atoms with Crippen LogP contribution >= 0.6 is 0 Å². The van der Waals surface area contributed by atoms with Crippen molar-refractivity contribution in [3.63, 3.8) is 0 Å². The molecule has 9 nitrogen and oxygen atoms in total. The highest BCUT2D eigenvalue weighted by molar-refractivity contribution is 5.96. The first-order valence-corrected chi connectivity index (χ1v) is 13.3. The highest BCUT2D eigenvalue weighted by atomic mass is 19.1. The molecule has 1 unspecified atom stereocenters. The number of aliphatic hydroxyl groups is 2. The summed E-state index contributed by atoms with van der Waals surface area (Å²) in [5, 5.41) is 33.7. The maximum Gasteiger partial charge on any atom is 0.337 e. The molecule has 2 rings (SSSR count). The molecule has 1 amide bonds. The van der Waals surface area contributed by atoms with E-state index in [0.717, 1.165) is 48.2 Å². The number of aliphatic hydroxyl groups excluding tert-OH is 2. The van der Waals surface area contributed by atoms with E-state index in [1.54, 1.807) is 6.92 Å². The minimum absolute atomic E-state index is 0.0625. The van der Waals surface area contributed by atoms with Crippen molar-refractivity contribution in [2.24, 2.45) is 10.7 Å². The third-order valence-electron chi connectivity index (χ3n) is 5.22. The fourth-order valence-electron chi connectivity index (χ4n) is 3.24. The predicted octanol–water partition coefficient (Wildman–Crippen LogP) is 6.67. The Morgan fingerprint density at radius 1 is 1.12 bits per heavy atom. The van der Waals surface area contributed by atoms with Crippen LogP contribution in [0, 0.1) is 5.82 Å². The van der Waals surface area contributed by atoms with Gasteiger partial charge >= 0.3 is 5.97 Å². The van der Waals surface area contributed by atoms with Crippen LogP contribution in [0.2, 0.25) is 0 Å². The summed E-state index contributed by atoms with van der Waals surface area (Å²) in [6.07, 6.45) is 3.95. The van der Waals surface area contributed by atoms with E-state index in [1.807, 2.05) is 34.6 Å². The molecule has 0 radical (unpaired) electrons. The second-order valence-corrected chi connectivity index (χ2v) is 8.13. The van der Waals surface area contributed by atoms with Gasteiger partial charge in [0.15, 0.2) is 11.5 Å². The van der Waals surface area contributed by atoms with Crippen LogP contribution in [0.4, 0.5) is 14.5 Å². The van der Waals surface area contributed by atoms with E-state index in [2.05, 4.69) is 28.8 Å². The summed E-state index contributed by atoms with van der Waals surface area (Å²) in [6, 6.07) is 2.63. The molecule has 11 heteroatoms. The van der Waals surface area contributed by atoms with E-state index in [1.165, 1.54) is 19.1 Å². The average Bonchev–Trinajstić information content (AvgIpc) is 3.42. The largest absolute Gasteiger partial charge is 0.504 e. The lowest BCUT2D eigenvalue weighted by Crippen LogP contribution is -2.22. The third-order valence-corrected chi connectivity index (χ3v) is 5.22. The number of rotatable bonds is 9. The Labute approximate surface area is 247 Å². The number of anilines is 1. The Bertz CT molecular complexity index is 1240. The van der Waals surface area contributed by atoms with E-state index in [9.17, 15) is 23.5 Å². The van der Waals surface area contributed by atoms with Gasteiger partial charge in [0.2, 0.25) is 0 Å². The maximum absolute atomic E-state index is 13.9. The Morgan fingerprint density at radius 2 is 1.71 bits per heavy atom. The van der Waals surface area contributed by atoms with Crippen LogP contribution in [0.1, 0.15) is 58.8 Å². The van der Waals surface area contributed by atoms with Gasteiger partial charge in [0.25, 0.3) is 5.91 Å². The molecular weight excluding hydrogens is 546 g/mol. The van der Waals surface area contributed by atoms with Gasteiger partial charge in [-0.15, -0.1) is 0 Å². The van der Waals surface area contributed by atoms with Crippen molar-refractivity contribution in [1.29, 1.82) is 0 Å². The molecular formula is C31H44F2N4O5. The SMILES string of the molecule is C=C/C(O)=C(/O)C1=C(C)CNC1.C=CC(=O)N=C/C(F)=C\C(=C(/C)N)C(C)Nc1ccc(F)cc1C(=O)O.CC.CC. The fraction of sp³-hybridized carbons (Fsp3) is 0.323. The van der Waals surface area contributed by atoms with E-state index < -0.39 is 29.6 Å². The van der Waals surface area contributed by atoms with Gasteiger partial charge < -0.3 is 31.7 Å². The lowest BCUT2D eigenvalue weighted by Gasteiger charge is -2.19. The number of carbonyl (C=O) groups is 2. The lowest BCUT2D eigenvalue weighted by atomic mass is 10.0. The summed E-state index contributed by atoms with van der Waals surface area (Å²) in [4.78, 5) is 25.6. The molecule has 0 spiro atoms. The van der Waals surface area contributed by atoms with Crippen LogP contribution in [0.3, 0.4) is 0 Å². The molecule has 42 heavy (non-hydrogen) atoms. The van der Waals surface area contributed by atoms with Gasteiger partial charge in [0.1, 0.15) is 11.6 Å². The molecule has 0 aliphatic carbocycles. The number of benzene rings is 1. The van der Waals surface area contributed by atoms with E-state index in [4.69, 9.17) is 15.9 Å². The van der Waals surface area contributed by atoms with Crippen molar-refractivity contribution in [3.8, 4) is 0 Å². The zero-order chi connectivity index (χ0) is 33.0. The molecule has 232 valence electrons. The third kappa shape index (κ3) is 13.7. The Kier molecular flexibility index (Phi) is 20.1. The standard InChI is InChI=1S/C18H19F2N3O3.C9H13NO2.2C2H6/c1-4-17(24)22-9-13(20)8-14(10(2)21)11(3)23-16-6-5-12(19)7-15(16)18(25)26;1-3-8(11)9(12)7-5-10-4-6(7)2;2*1-2/h4-9,11,23H,1,21H2,2-3H3,(H,25,26);3,10-12H,1,4-5H2,2H3;2*1-2H3/b13-8+,14-10-,22-9?;9-8-;;. The lowest BCUT2D eigenvalue weighted by molar-refractivity contribution is -0.113. The molecule has 1 aromatic rings. The predicted molar refractivity (Wildman–Crippen MR) is 167 cm³/mol. The monoisotopic (exact) mass is 590 g/mol. The second kappa shape index (κ2) is 21.3. The zero-order valence-electron chi connectivity index (χ0n) is 25.4. The van der Waals surface area contributed by atoms with Crippen molar-refractivity contribution < 1.29 is 33.7 Å². The summed E-state index contributed by atoms with van der Waals surface area (Å²) in [5.74, 6) is -3.76. The number of hydrogen-bond donors (Lipinski definition) is 6. The quantitative estimate of drug-likeness (QED) is 0.0806. The van der Waals surface area contributed by atoms with Gasteiger partial charge in [0, 0.05) is 30.0 Å². The number of hydrogen-bond acceptors (Lipinski definition) is 7. The first kappa shape index (κ1) is 39.6. The Hall–Kier alpha value is -4.51. The second-order valence-electron chi connectivity index (χ2n) is 8.13. The van der Waals surface area contributed by atoms with E-state index in [0.29, 0.717) is 12.1 Å². The van der Waals surface area contributed by atoms with Gasteiger partial charge in [-0.1, -0.05) is 46.4 Å². The molecule has 0 fully saturated rings. The normalized spacial score (nSPS) is 14.5. The minimum atomic E-state index is -1.31. The number of aromatic carboxylic acids is 1. The number of nitrogens with zero attached hydrogens (tertiary/aromatic N) is 1. The van der Waals surface area contributed by atoms with Gasteiger partial charge in [0.05, 0.1) is 17.8 Å². The minimum Gasteiger partial charge on any atom is -0.504 e. The van der Waals surface area contributed by atoms with Crippen LogP contribution in [-0.4, -0.2) is 52.5 Å². The van der Waals surface area contributed by atoms with Crippen molar-refractivity contribution in [1.82, 2.24) is 5.32 Å². The summed E-state index contributed by atoms with van der Waals surface area (Å²) >= 11 is 0. The smallest absolute Gasteiger partial charge is 0.337 e. The maximum atomic E-state index is 13.9. The fourth-order valence-corrected chi connectivity index (χ4v) is 3.24. The number of aliphatic imine (C=N–C) groups is 1. The number of amides is 1. The van der Waals surface area contributed by atoms with Gasteiger partial charge in [-0.05, 0) is 62.8 Å². The van der Waals surface area contributed by atoms with E-state index in [-0.39, 0.29) is 28.5 Å². The van der Waals surface area contributed by atoms with Gasteiger partial charge in [-0.2, -0.15) is 0 Å². The number of carboxylic acid groups (broad SMARTS) is 1. The molecule has 1 atom stereocenters. The Morgan fingerprint density at radius 3 is 2.17 bits per heavy atom. The molecule has 1 aromatic carbocycles. The first-order valence-electron chi connectivity index (χ1n) is 13.3. The number of halogens is 2. The summed E-state index contributed by atoms with van der Waals surface area (Å²) in [5.41, 5.74) is 8.05. The average molecular weight is 591 g/mol. The molecule has 0 bridgehead atoms. The topological polar surface area (TPSA) is 157 Å². The number of nitrogens with one attached hydrogen (secondary N) is 2. The molecule has 1 aliphatic rings. The van der Waals surface area contributed by atoms with Crippen LogP contribution in [-0.2, 0) is 4.79 Å². The van der Waals surface area contributed by atoms with Crippen LogP contribution in [0.5, 0.6) is 0 Å². The molecule has 7 N–H and O–H groups in total. The summed E-state index contributed by atoms with van der Waals surface area (Å²) in [7, 11) is 0. The van der Waals surface area contributed by atoms with Crippen LogP contribution in [0.25, 0.3) is 0 Å². The highest BCUT2D eigenvalue weighted by Gasteiger charge is 2.17. The van der Waals surface area contributed by atoms with Crippen LogP contribution < -0.4 is 16.4 Å².